The first kappa shape index (κ1) is 21.5. The van der Waals surface area contributed by atoms with Crippen LogP contribution in [0.4, 0.5) is 0 Å². The van der Waals surface area contributed by atoms with Crippen molar-refractivity contribution in [3.63, 3.8) is 0 Å². The number of hydrogen-bond donors (Lipinski definition) is 0. The predicted molar refractivity (Wildman–Crippen MR) is 168 cm³/mol. The summed E-state index contributed by atoms with van der Waals surface area (Å²) < 4.78 is 4.83. The molecule has 0 spiro atoms. The van der Waals surface area contributed by atoms with Crippen LogP contribution in [0.3, 0.4) is 0 Å². The second-order valence-electron chi connectivity index (χ2n) is 10.5. The fourth-order valence-corrected chi connectivity index (χ4v) is 6.57. The van der Waals surface area contributed by atoms with E-state index in [4.69, 9.17) is 0 Å². The van der Waals surface area contributed by atoms with Crippen LogP contribution in [0.2, 0.25) is 0 Å². The van der Waals surface area contributed by atoms with Crippen molar-refractivity contribution in [3.05, 3.63) is 140 Å². The maximum absolute atomic E-state index is 4.56. The molecule has 9 aromatic rings. The summed E-state index contributed by atoms with van der Waals surface area (Å²) in [5.41, 5.74) is 8.19. The highest BCUT2D eigenvalue weighted by Gasteiger charge is 2.18. The number of nitrogens with zero attached hydrogens (tertiary/aromatic N) is 3. The first-order valence-corrected chi connectivity index (χ1v) is 13.6. The first-order chi connectivity index (χ1) is 19.8. The maximum atomic E-state index is 4.56. The summed E-state index contributed by atoms with van der Waals surface area (Å²) in [4.78, 5) is 4.56. The molecule has 40 heavy (non-hydrogen) atoms. The van der Waals surface area contributed by atoms with Gasteiger partial charge in [0.05, 0.1) is 27.6 Å². The van der Waals surface area contributed by atoms with Gasteiger partial charge in [-0.3, -0.25) is 4.98 Å². The molecular weight excluding hydrogens is 486 g/mol. The Morgan fingerprint density at radius 2 is 1.15 bits per heavy atom. The Bertz CT molecular complexity index is 2430. The van der Waals surface area contributed by atoms with Crippen LogP contribution in [0.15, 0.2) is 140 Å². The van der Waals surface area contributed by atoms with Crippen molar-refractivity contribution in [2.75, 3.05) is 0 Å². The molecule has 3 heterocycles. The Morgan fingerprint density at radius 3 is 2.00 bits per heavy atom. The second kappa shape index (κ2) is 8.05. The van der Waals surface area contributed by atoms with Crippen molar-refractivity contribution in [3.8, 4) is 11.4 Å². The number of aromatic nitrogens is 3. The smallest absolute Gasteiger partial charge is 0.0703 e. The van der Waals surface area contributed by atoms with Gasteiger partial charge in [0.25, 0.3) is 0 Å². The van der Waals surface area contributed by atoms with Gasteiger partial charge in [-0.25, -0.2) is 0 Å². The van der Waals surface area contributed by atoms with E-state index in [1.165, 1.54) is 60.1 Å². The lowest BCUT2D eigenvalue weighted by molar-refractivity contribution is 1.18. The second-order valence-corrected chi connectivity index (χ2v) is 10.5. The number of fused-ring (bicyclic) bond motifs is 9. The lowest BCUT2D eigenvalue weighted by Crippen LogP contribution is -1.96. The number of benzene rings is 6. The van der Waals surface area contributed by atoms with E-state index >= 15 is 0 Å². The van der Waals surface area contributed by atoms with Gasteiger partial charge >= 0.3 is 0 Å². The summed E-state index contributed by atoms with van der Waals surface area (Å²) in [5.74, 6) is 0. The van der Waals surface area contributed by atoms with E-state index in [0.717, 1.165) is 16.6 Å². The zero-order chi connectivity index (χ0) is 26.2. The van der Waals surface area contributed by atoms with Crippen molar-refractivity contribution in [2.45, 2.75) is 0 Å². The summed E-state index contributed by atoms with van der Waals surface area (Å²) in [6.45, 7) is 0. The highest BCUT2D eigenvalue weighted by Crippen LogP contribution is 2.40. The molecule has 0 saturated heterocycles. The molecule has 9 rings (SSSR count). The molecule has 0 radical (unpaired) electrons. The predicted octanol–water partition coefficient (Wildman–Crippen LogP) is 9.58. The minimum Gasteiger partial charge on any atom is -0.309 e. The van der Waals surface area contributed by atoms with E-state index in [9.17, 15) is 0 Å². The van der Waals surface area contributed by atoms with Crippen LogP contribution in [-0.2, 0) is 0 Å². The van der Waals surface area contributed by atoms with E-state index in [1.807, 2.05) is 12.3 Å². The average molecular weight is 510 g/mol. The highest BCUT2D eigenvalue weighted by atomic mass is 15.0. The molecular formula is C37H23N3. The Hall–Kier alpha value is -5.41. The van der Waals surface area contributed by atoms with Gasteiger partial charge in [0, 0.05) is 49.9 Å². The minimum atomic E-state index is 1.01. The first-order valence-electron chi connectivity index (χ1n) is 13.6. The fourth-order valence-electron chi connectivity index (χ4n) is 6.57. The van der Waals surface area contributed by atoms with E-state index in [0.29, 0.717) is 0 Å². The topological polar surface area (TPSA) is 22.8 Å². The van der Waals surface area contributed by atoms with Gasteiger partial charge in [-0.1, -0.05) is 72.8 Å². The molecule has 3 heteroatoms. The largest absolute Gasteiger partial charge is 0.309 e. The molecule has 0 aliphatic heterocycles. The zero-order valence-electron chi connectivity index (χ0n) is 21.6. The molecule has 0 aliphatic rings. The lowest BCUT2D eigenvalue weighted by Gasteiger charge is -2.12. The molecule has 3 aromatic heterocycles. The normalized spacial score (nSPS) is 12.0. The van der Waals surface area contributed by atoms with Gasteiger partial charge < -0.3 is 9.13 Å². The zero-order valence-corrected chi connectivity index (χ0v) is 21.6. The van der Waals surface area contributed by atoms with Crippen LogP contribution in [-0.4, -0.2) is 14.1 Å². The van der Waals surface area contributed by atoms with Crippen LogP contribution >= 0.6 is 0 Å². The van der Waals surface area contributed by atoms with Crippen LogP contribution in [0.1, 0.15) is 0 Å². The molecule has 0 atom stereocenters. The Labute approximate surface area is 230 Å². The quantitative estimate of drug-likeness (QED) is 0.227. The summed E-state index contributed by atoms with van der Waals surface area (Å²) in [6.07, 6.45) is 1.85. The van der Waals surface area contributed by atoms with Gasteiger partial charge in [-0.05, 0) is 66.0 Å². The molecule has 0 unspecified atom stereocenters. The third-order valence-electron chi connectivity index (χ3n) is 8.30. The Morgan fingerprint density at radius 1 is 0.400 bits per heavy atom. The number of pyridine rings is 1. The minimum absolute atomic E-state index is 1.01. The standard InChI is InChI=1S/C37H23N3/c1-2-10-26(11-3-1)39-34-14-6-5-13-29(34)32-22-24-16-18-30-28-12-4-7-15-35(28)40(37(30)31(24)23-36(32)39)27-17-19-33-25(21-27)9-8-20-38-33/h1-23H. The SMILES string of the molecule is c1ccc(-n2c3ccccc3c3cc4ccc5c6ccccc6n(-c6ccc7ncccc7c6)c5c4cc32)cc1. The van der Waals surface area contributed by atoms with Crippen LogP contribution in [0.5, 0.6) is 0 Å². The summed E-state index contributed by atoms with van der Waals surface area (Å²) >= 11 is 0. The fraction of sp³-hybridized carbons (Fsp3) is 0. The molecule has 0 amide bonds. The van der Waals surface area contributed by atoms with Crippen LogP contribution < -0.4 is 0 Å². The lowest BCUT2D eigenvalue weighted by atomic mass is 10.0. The number of hydrogen-bond acceptors (Lipinski definition) is 1. The molecule has 0 saturated carbocycles. The highest BCUT2D eigenvalue weighted by molar-refractivity contribution is 6.22. The van der Waals surface area contributed by atoms with E-state index in [2.05, 4.69) is 142 Å². The average Bonchev–Trinajstić information content (AvgIpc) is 3.53. The van der Waals surface area contributed by atoms with Gasteiger partial charge in [-0.2, -0.15) is 0 Å². The Balaban J connectivity index is 1.47. The third-order valence-corrected chi connectivity index (χ3v) is 8.30. The van der Waals surface area contributed by atoms with E-state index < -0.39 is 0 Å². The number of rotatable bonds is 2. The molecule has 3 nitrogen and oxygen atoms in total. The monoisotopic (exact) mass is 509 g/mol. The molecule has 0 N–H and O–H groups in total. The Kier molecular flexibility index (Phi) is 4.33. The van der Waals surface area contributed by atoms with Gasteiger partial charge in [0.1, 0.15) is 0 Å². The summed E-state index contributed by atoms with van der Waals surface area (Å²) in [5, 5.41) is 8.68. The van der Waals surface area contributed by atoms with Crippen molar-refractivity contribution >= 4 is 65.3 Å². The van der Waals surface area contributed by atoms with Crippen molar-refractivity contribution < 1.29 is 0 Å². The summed E-state index contributed by atoms with van der Waals surface area (Å²) in [6, 6.07) is 48.2. The molecule has 0 fully saturated rings. The van der Waals surface area contributed by atoms with Crippen molar-refractivity contribution in [1.29, 1.82) is 0 Å². The van der Waals surface area contributed by atoms with Crippen LogP contribution in [0.25, 0.3) is 76.7 Å². The molecule has 0 aliphatic carbocycles. The van der Waals surface area contributed by atoms with Crippen LogP contribution in [0, 0.1) is 0 Å². The molecule has 0 bridgehead atoms. The van der Waals surface area contributed by atoms with E-state index in [1.54, 1.807) is 0 Å². The number of para-hydroxylation sites is 3. The third kappa shape index (κ3) is 2.92. The van der Waals surface area contributed by atoms with Gasteiger partial charge in [0.2, 0.25) is 0 Å². The van der Waals surface area contributed by atoms with Crippen molar-refractivity contribution in [1.82, 2.24) is 14.1 Å². The van der Waals surface area contributed by atoms with Crippen molar-refractivity contribution in [2.24, 2.45) is 0 Å². The summed E-state index contributed by atoms with van der Waals surface area (Å²) in [7, 11) is 0. The van der Waals surface area contributed by atoms with Gasteiger partial charge in [0.15, 0.2) is 0 Å². The van der Waals surface area contributed by atoms with Gasteiger partial charge in [-0.15, -0.1) is 0 Å². The molecule has 186 valence electrons. The maximum Gasteiger partial charge on any atom is 0.0703 e. The molecule has 6 aromatic carbocycles. The van der Waals surface area contributed by atoms with E-state index in [-0.39, 0.29) is 0 Å².